The van der Waals surface area contributed by atoms with Gasteiger partial charge in [-0.3, -0.25) is 0 Å². The number of allylic oxidation sites excluding steroid dienone is 1. The van der Waals surface area contributed by atoms with Crippen LogP contribution in [0.15, 0.2) is 28.7 Å². The highest BCUT2D eigenvalue weighted by atomic mass is 79.9. The van der Waals surface area contributed by atoms with Gasteiger partial charge in [-0.2, -0.15) is 5.26 Å². The lowest BCUT2D eigenvalue weighted by molar-refractivity contribution is 0.414. The summed E-state index contributed by atoms with van der Waals surface area (Å²) in [5.74, 6) is 0.759. The predicted molar refractivity (Wildman–Crippen MR) is 55.3 cm³/mol. The summed E-state index contributed by atoms with van der Waals surface area (Å²) in [5.41, 5.74) is 0.887. The molecule has 0 fully saturated rings. The molecule has 0 radical (unpaired) electrons. The summed E-state index contributed by atoms with van der Waals surface area (Å²) in [6.45, 7) is 0. The molecule has 0 unspecified atom stereocenters. The van der Waals surface area contributed by atoms with Crippen LogP contribution in [0.2, 0.25) is 0 Å². The maximum Gasteiger partial charge on any atom is 0.126 e. The fourth-order valence-electron chi connectivity index (χ4n) is 0.963. The fourth-order valence-corrected chi connectivity index (χ4v) is 1.34. The standard InChI is InChI=1S/C10H8BrNO/c1-13-10-5-4-9(11)7-8(10)3-2-6-12/h2-5,7H,1H3. The number of hydrogen-bond donors (Lipinski definition) is 0. The van der Waals surface area contributed by atoms with E-state index in [9.17, 15) is 0 Å². The van der Waals surface area contributed by atoms with E-state index in [2.05, 4.69) is 15.9 Å². The molecule has 2 nitrogen and oxygen atoms in total. The lowest BCUT2D eigenvalue weighted by atomic mass is 10.2. The smallest absolute Gasteiger partial charge is 0.126 e. The SMILES string of the molecule is COc1ccc(Br)cc1C=CC#N. The molecule has 0 aliphatic heterocycles. The molecule has 1 rings (SSSR count). The molecular weight excluding hydrogens is 230 g/mol. The molecule has 0 amide bonds. The van der Waals surface area contributed by atoms with Crippen molar-refractivity contribution in [1.29, 1.82) is 5.26 Å². The molecule has 0 saturated heterocycles. The van der Waals surface area contributed by atoms with Crippen LogP contribution < -0.4 is 4.74 Å². The average Bonchev–Trinajstić information content (AvgIpc) is 2.15. The van der Waals surface area contributed by atoms with E-state index < -0.39 is 0 Å². The van der Waals surface area contributed by atoms with E-state index in [1.165, 1.54) is 6.08 Å². The Kier molecular flexibility index (Phi) is 3.53. The molecule has 0 aliphatic carbocycles. The Morgan fingerprint density at radius 2 is 2.31 bits per heavy atom. The van der Waals surface area contributed by atoms with Crippen LogP contribution in [0.5, 0.6) is 5.75 Å². The number of rotatable bonds is 2. The van der Waals surface area contributed by atoms with Crippen molar-refractivity contribution < 1.29 is 4.74 Å². The minimum Gasteiger partial charge on any atom is -0.496 e. The molecule has 0 aliphatic rings. The van der Waals surface area contributed by atoms with Gasteiger partial charge in [0, 0.05) is 16.1 Å². The van der Waals surface area contributed by atoms with Crippen LogP contribution in [0.4, 0.5) is 0 Å². The van der Waals surface area contributed by atoms with Gasteiger partial charge in [0.25, 0.3) is 0 Å². The van der Waals surface area contributed by atoms with Gasteiger partial charge in [-0.05, 0) is 24.3 Å². The number of hydrogen-bond acceptors (Lipinski definition) is 2. The number of halogens is 1. The van der Waals surface area contributed by atoms with Gasteiger partial charge in [0.2, 0.25) is 0 Å². The Morgan fingerprint density at radius 3 is 2.92 bits per heavy atom. The van der Waals surface area contributed by atoms with Gasteiger partial charge >= 0.3 is 0 Å². The van der Waals surface area contributed by atoms with Gasteiger partial charge in [0.15, 0.2) is 0 Å². The Bertz CT molecular complexity index is 366. The summed E-state index contributed by atoms with van der Waals surface area (Å²) >= 11 is 3.35. The number of benzene rings is 1. The molecule has 1 aromatic carbocycles. The van der Waals surface area contributed by atoms with E-state index in [1.807, 2.05) is 24.3 Å². The summed E-state index contributed by atoms with van der Waals surface area (Å²) in [4.78, 5) is 0. The Morgan fingerprint density at radius 1 is 1.54 bits per heavy atom. The molecule has 0 heterocycles. The van der Waals surface area contributed by atoms with Crippen molar-refractivity contribution in [2.24, 2.45) is 0 Å². The van der Waals surface area contributed by atoms with Gasteiger partial charge in [-0.1, -0.05) is 15.9 Å². The van der Waals surface area contributed by atoms with E-state index in [-0.39, 0.29) is 0 Å². The second-order valence-electron chi connectivity index (χ2n) is 2.35. The van der Waals surface area contributed by atoms with Crippen LogP contribution in [-0.2, 0) is 0 Å². The summed E-state index contributed by atoms with van der Waals surface area (Å²) in [6, 6.07) is 7.57. The fraction of sp³-hybridized carbons (Fsp3) is 0.100. The molecule has 0 bridgehead atoms. The van der Waals surface area contributed by atoms with E-state index in [0.29, 0.717) is 0 Å². The van der Waals surface area contributed by atoms with Crippen LogP contribution in [0.25, 0.3) is 6.08 Å². The van der Waals surface area contributed by atoms with Crippen molar-refractivity contribution in [2.45, 2.75) is 0 Å². The zero-order chi connectivity index (χ0) is 9.68. The quantitative estimate of drug-likeness (QED) is 0.742. The Labute approximate surface area is 85.6 Å². The van der Waals surface area contributed by atoms with Gasteiger partial charge in [-0.25, -0.2) is 0 Å². The summed E-state index contributed by atoms with van der Waals surface area (Å²) in [5, 5.41) is 8.37. The molecule has 0 N–H and O–H groups in total. The highest BCUT2D eigenvalue weighted by Gasteiger charge is 1.98. The highest BCUT2D eigenvalue weighted by Crippen LogP contribution is 2.23. The summed E-state index contributed by atoms with van der Waals surface area (Å²) < 4.78 is 6.08. The molecule has 0 saturated carbocycles. The van der Waals surface area contributed by atoms with Crippen molar-refractivity contribution in [3.63, 3.8) is 0 Å². The molecular formula is C10H8BrNO. The third-order valence-electron chi connectivity index (χ3n) is 1.53. The zero-order valence-electron chi connectivity index (χ0n) is 7.12. The molecule has 13 heavy (non-hydrogen) atoms. The van der Waals surface area contributed by atoms with Crippen LogP contribution in [0.3, 0.4) is 0 Å². The van der Waals surface area contributed by atoms with Gasteiger partial charge in [0.05, 0.1) is 13.2 Å². The molecule has 1 aromatic rings. The maximum atomic E-state index is 8.37. The van der Waals surface area contributed by atoms with Crippen molar-refractivity contribution in [1.82, 2.24) is 0 Å². The molecule has 0 atom stereocenters. The monoisotopic (exact) mass is 237 g/mol. The van der Waals surface area contributed by atoms with E-state index in [4.69, 9.17) is 10.00 Å². The largest absolute Gasteiger partial charge is 0.496 e. The normalized spacial score (nSPS) is 9.92. The summed E-state index contributed by atoms with van der Waals surface area (Å²) in [7, 11) is 1.60. The molecule has 0 aromatic heterocycles. The first-order valence-electron chi connectivity index (χ1n) is 3.67. The average molecular weight is 238 g/mol. The number of ether oxygens (including phenoxy) is 1. The molecule has 0 spiro atoms. The first-order chi connectivity index (χ1) is 6.27. The minimum absolute atomic E-state index is 0.759. The van der Waals surface area contributed by atoms with Crippen molar-refractivity contribution in [3.05, 3.63) is 34.3 Å². The van der Waals surface area contributed by atoms with E-state index in [0.717, 1.165) is 15.8 Å². The van der Waals surface area contributed by atoms with E-state index in [1.54, 1.807) is 13.2 Å². The van der Waals surface area contributed by atoms with Gasteiger partial charge < -0.3 is 4.74 Å². The zero-order valence-corrected chi connectivity index (χ0v) is 8.71. The molecule has 66 valence electrons. The van der Waals surface area contributed by atoms with E-state index >= 15 is 0 Å². The van der Waals surface area contributed by atoms with Crippen molar-refractivity contribution in [3.8, 4) is 11.8 Å². The van der Waals surface area contributed by atoms with Crippen molar-refractivity contribution in [2.75, 3.05) is 7.11 Å². The maximum absolute atomic E-state index is 8.37. The first-order valence-corrected chi connectivity index (χ1v) is 4.47. The predicted octanol–water partition coefficient (Wildman–Crippen LogP) is 2.99. The highest BCUT2D eigenvalue weighted by molar-refractivity contribution is 9.10. The van der Waals surface area contributed by atoms with Crippen molar-refractivity contribution >= 4 is 22.0 Å². The second kappa shape index (κ2) is 4.68. The van der Waals surface area contributed by atoms with Crippen LogP contribution in [-0.4, -0.2) is 7.11 Å². The third-order valence-corrected chi connectivity index (χ3v) is 2.02. The lowest BCUT2D eigenvalue weighted by Gasteiger charge is -2.03. The molecule has 3 heteroatoms. The topological polar surface area (TPSA) is 33.0 Å². The number of nitrogens with zero attached hydrogens (tertiary/aromatic N) is 1. The van der Waals surface area contributed by atoms with Crippen LogP contribution >= 0.6 is 15.9 Å². The third kappa shape index (κ3) is 2.60. The minimum atomic E-state index is 0.759. The van der Waals surface area contributed by atoms with Crippen LogP contribution in [0, 0.1) is 11.3 Å². The number of methoxy groups -OCH3 is 1. The second-order valence-corrected chi connectivity index (χ2v) is 3.26. The van der Waals surface area contributed by atoms with Crippen LogP contribution in [0.1, 0.15) is 5.56 Å². The first kappa shape index (κ1) is 9.82. The Balaban J connectivity index is 3.10. The summed E-state index contributed by atoms with van der Waals surface area (Å²) in [6.07, 6.45) is 3.13. The number of nitriles is 1. The Hall–Kier alpha value is -1.27. The van der Waals surface area contributed by atoms with Gasteiger partial charge in [0.1, 0.15) is 5.75 Å². The lowest BCUT2D eigenvalue weighted by Crippen LogP contribution is -1.86. The van der Waals surface area contributed by atoms with Gasteiger partial charge in [-0.15, -0.1) is 0 Å².